The van der Waals surface area contributed by atoms with Gasteiger partial charge >= 0.3 is 0 Å². The number of pyridine rings is 2. The van der Waals surface area contributed by atoms with E-state index in [0.717, 1.165) is 18.4 Å². The predicted octanol–water partition coefficient (Wildman–Crippen LogP) is 2.57. The SMILES string of the molecule is CC(C)CCNC(=O)c1cc(C(=O)N(C)CCc2ccncc2)ccn1. The zero-order chi connectivity index (χ0) is 18.9. The molecule has 138 valence electrons. The van der Waals surface area contributed by atoms with E-state index in [2.05, 4.69) is 29.1 Å². The van der Waals surface area contributed by atoms with E-state index in [1.165, 1.54) is 6.20 Å². The highest BCUT2D eigenvalue weighted by Gasteiger charge is 2.15. The van der Waals surface area contributed by atoms with Gasteiger partial charge in [0.2, 0.25) is 0 Å². The maximum atomic E-state index is 12.6. The normalized spacial score (nSPS) is 10.6. The summed E-state index contributed by atoms with van der Waals surface area (Å²) in [6, 6.07) is 7.06. The van der Waals surface area contributed by atoms with E-state index in [4.69, 9.17) is 0 Å². The van der Waals surface area contributed by atoms with E-state index in [1.807, 2.05) is 12.1 Å². The molecule has 0 saturated carbocycles. The molecular formula is C20H26N4O2. The molecule has 2 heterocycles. The van der Waals surface area contributed by atoms with Gasteiger partial charge in [0.25, 0.3) is 11.8 Å². The number of aromatic nitrogens is 2. The summed E-state index contributed by atoms with van der Waals surface area (Å²) in [5, 5.41) is 2.84. The van der Waals surface area contributed by atoms with Crippen LogP contribution < -0.4 is 5.32 Å². The maximum Gasteiger partial charge on any atom is 0.269 e. The Morgan fingerprint density at radius 1 is 1.15 bits per heavy atom. The van der Waals surface area contributed by atoms with Crippen molar-refractivity contribution in [2.45, 2.75) is 26.7 Å². The zero-order valence-electron chi connectivity index (χ0n) is 15.6. The van der Waals surface area contributed by atoms with Crippen LogP contribution in [0, 0.1) is 5.92 Å². The second kappa shape index (κ2) is 9.65. The van der Waals surface area contributed by atoms with Crippen molar-refractivity contribution >= 4 is 11.8 Å². The fraction of sp³-hybridized carbons (Fsp3) is 0.400. The quantitative estimate of drug-likeness (QED) is 0.790. The summed E-state index contributed by atoms with van der Waals surface area (Å²) in [5.74, 6) is 0.141. The van der Waals surface area contributed by atoms with Crippen LogP contribution in [-0.2, 0) is 6.42 Å². The van der Waals surface area contributed by atoms with Gasteiger partial charge in [-0.15, -0.1) is 0 Å². The number of amides is 2. The minimum atomic E-state index is -0.250. The Hall–Kier alpha value is -2.76. The van der Waals surface area contributed by atoms with Gasteiger partial charge in [0.1, 0.15) is 5.69 Å². The molecule has 2 amide bonds. The summed E-state index contributed by atoms with van der Waals surface area (Å²) in [5.41, 5.74) is 1.85. The third kappa shape index (κ3) is 5.95. The number of hydrogen-bond acceptors (Lipinski definition) is 4. The molecule has 0 unspecified atom stereocenters. The second-order valence-corrected chi connectivity index (χ2v) is 6.70. The van der Waals surface area contributed by atoms with Crippen molar-refractivity contribution in [3.05, 3.63) is 59.7 Å². The molecule has 0 radical (unpaired) electrons. The molecule has 2 aromatic heterocycles. The lowest BCUT2D eigenvalue weighted by atomic mass is 10.1. The summed E-state index contributed by atoms with van der Waals surface area (Å²) in [4.78, 5) is 34.5. The molecule has 26 heavy (non-hydrogen) atoms. The average Bonchev–Trinajstić information content (AvgIpc) is 2.66. The summed E-state index contributed by atoms with van der Waals surface area (Å²) >= 11 is 0. The summed E-state index contributed by atoms with van der Waals surface area (Å²) in [6.45, 7) is 5.39. The number of likely N-dealkylation sites (N-methyl/N-ethyl adjacent to an activating group) is 1. The highest BCUT2D eigenvalue weighted by Crippen LogP contribution is 2.07. The molecule has 6 heteroatoms. The van der Waals surface area contributed by atoms with Crippen molar-refractivity contribution in [2.24, 2.45) is 5.92 Å². The number of nitrogens with zero attached hydrogens (tertiary/aromatic N) is 3. The fourth-order valence-corrected chi connectivity index (χ4v) is 2.42. The zero-order valence-corrected chi connectivity index (χ0v) is 15.6. The molecular weight excluding hydrogens is 328 g/mol. The van der Waals surface area contributed by atoms with Crippen LogP contribution in [0.1, 0.15) is 46.7 Å². The van der Waals surface area contributed by atoms with E-state index in [1.54, 1.807) is 36.5 Å². The molecule has 6 nitrogen and oxygen atoms in total. The Labute approximate surface area is 154 Å². The molecule has 1 N–H and O–H groups in total. The van der Waals surface area contributed by atoms with Crippen LogP contribution in [0.5, 0.6) is 0 Å². The molecule has 0 fully saturated rings. The number of hydrogen-bond donors (Lipinski definition) is 1. The lowest BCUT2D eigenvalue weighted by molar-refractivity contribution is 0.0796. The minimum Gasteiger partial charge on any atom is -0.351 e. The van der Waals surface area contributed by atoms with Gasteiger partial charge < -0.3 is 10.2 Å². The first-order valence-electron chi connectivity index (χ1n) is 8.86. The van der Waals surface area contributed by atoms with E-state index in [9.17, 15) is 9.59 Å². The molecule has 0 atom stereocenters. The Bertz CT molecular complexity index is 732. The average molecular weight is 354 g/mol. The van der Waals surface area contributed by atoms with E-state index in [0.29, 0.717) is 24.6 Å². The molecule has 0 aliphatic rings. The standard InChI is InChI=1S/C20H26N4O2/c1-15(2)4-11-23-19(25)18-14-17(7-12-22-18)20(26)24(3)13-8-16-5-9-21-10-6-16/h5-7,9-10,12,14-15H,4,8,11,13H2,1-3H3,(H,23,25). The fourth-order valence-electron chi connectivity index (χ4n) is 2.42. The monoisotopic (exact) mass is 354 g/mol. The minimum absolute atomic E-state index is 0.127. The number of carbonyl (C=O) groups is 2. The van der Waals surface area contributed by atoms with Gasteiger partial charge in [-0.05, 0) is 48.6 Å². The maximum absolute atomic E-state index is 12.6. The first-order chi connectivity index (χ1) is 12.5. The largest absolute Gasteiger partial charge is 0.351 e. The van der Waals surface area contributed by atoms with Gasteiger partial charge in [-0.1, -0.05) is 13.8 Å². The van der Waals surface area contributed by atoms with Gasteiger partial charge in [-0.25, -0.2) is 0 Å². The van der Waals surface area contributed by atoms with Crippen LogP contribution in [0.4, 0.5) is 0 Å². The van der Waals surface area contributed by atoms with Crippen molar-refractivity contribution in [1.82, 2.24) is 20.2 Å². The first kappa shape index (κ1) is 19.6. The Balaban J connectivity index is 1.94. The van der Waals surface area contributed by atoms with Crippen molar-refractivity contribution in [2.75, 3.05) is 20.1 Å². The van der Waals surface area contributed by atoms with Gasteiger partial charge in [0.05, 0.1) is 0 Å². The summed E-state index contributed by atoms with van der Waals surface area (Å²) in [6.07, 6.45) is 6.64. The van der Waals surface area contributed by atoms with Crippen LogP contribution in [0.3, 0.4) is 0 Å². The molecule has 2 aromatic rings. The first-order valence-corrected chi connectivity index (χ1v) is 8.86. The predicted molar refractivity (Wildman–Crippen MR) is 101 cm³/mol. The van der Waals surface area contributed by atoms with Crippen molar-refractivity contribution < 1.29 is 9.59 Å². The van der Waals surface area contributed by atoms with Gasteiger partial charge in [-0.3, -0.25) is 19.6 Å². The van der Waals surface area contributed by atoms with Gasteiger partial charge in [0, 0.05) is 44.3 Å². The van der Waals surface area contributed by atoms with E-state index in [-0.39, 0.29) is 17.5 Å². The van der Waals surface area contributed by atoms with Crippen molar-refractivity contribution in [3.8, 4) is 0 Å². The Kier molecular flexibility index (Phi) is 7.26. The third-order valence-electron chi connectivity index (χ3n) is 4.08. The van der Waals surface area contributed by atoms with E-state index >= 15 is 0 Å². The molecule has 2 rings (SSSR count). The molecule has 0 bridgehead atoms. The third-order valence-corrected chi connectivity index (χ3v) is 4.08. The summed E-state index contributed by atoms with van der Waals surface area (Å²) < 4.78 is 0. The number of rotatable bonds is 8. The molecule has 0 aliphatic heterocycles. The smallest absolute Gasteiger partial charge is 0.269 e. The number of nitrogens with one attached hydrogen (secondary N) is 1. The van der Waals surface area contributed by atoms with Crippen LogP contribution in [-0.4, -0.2) is 46.8 Å². The second-order valence-electron chi connectivity index (χ2n) is 6.70. The Morgan fingerprint density at radius 2 is 1.88 bits per heavy atom. The topological polar surface area (TPSA) is 75.2 Å². The summed E-state index contributed by atoms with van der Waals surface area (Å²) in [7, 11) is 1.76. The Morgan fingerprint density at radius 3 is 2.58 bits per heavy atom. The molecule has 0 saturated heterocycles. The number of carbonyl (C=O) groups excluding carboxylic acids is 2. The van der Waals surface area contributed by atoms with Crippen LogP contribution in [0.15, 0.2) is 42.9 Å². The molecule has 0 spiro atoms. The van der Waals surface area contributed by atoms with Crippen molar-refractivity contribution in [1.29, 1.82) is 0 Å². The highest BCUT2D eigenvalue weighted by atomic mass is 16.2. The van der Waals surface area contributed by atoms with E-state index < -0.39 is 0 Å². The van der Waals surface area contributed by atoms with Crippen LogP contribution >= 0.6 is 0 Å². The van der Waals surface area contributed by atoms with Gasteiger partial charge in [-0.2, -0.15) is 0 Å². The lowest BCUT2D eigenvalue weighted by Gasteiger charge is -2.17. The van der Waals surface area contributed by atoms with Crippen LogP contribution in [0.2, 0.25) is 0 Å². The van der Waals surface area contributed by atoms with Crippen LogP contribution in [0.25, 0.3) is 0 Å². The van der Waals surface area contributed by atoms with Crippen molar-refractivity contribution in [3.63, 3.8) is 0 Å². The van der Waals surface area contributed by atoms with Gasteiger partial charge in [0.15, 0.2) is 0 Å². The lowest BCUT2D eigenvalue weighted by Crippen LogP contribution is -2.30. The molecule has 0 aliphatic carbocycles. The highest BCUT2D eigenvalue weighted by molar-refractivity contribution is 5.98. The molecule has 0 aromatic carbocycles.